The highest BCUT2D eigenvalue weighted by atomic mass is 16.2. The van der Waals surface area contributed by atoms with Crippen molar-refractivity contribution in [2.24, 2.45) is 11.8 Å². The lowest BCUT2D eigenvalue weighted by molar-refractivity contribution is -0.138. The Morgan fingerprint density at radius 2 is 1.79 bits per heavy atom. The summed E-state index contributed by atoms with van der Waals surface area (Å²) >= 11 is 0. The fourth-order valence-corrected chi connectivity index (χ4v) is 4.77. The molecule has 1 aromatic carbocycles. The van der Waals surface area contributed by atoms with Gasteiger partial charge in [-0.15, -0.1) is 0 Å². The van der Waals surface area contributed by atoms with Gasteiger partial charge in [-0.2, -0.15) is 5.10 Å². The predicted molar refractivity (Wildman–Crippen MR) is 105 cm³/mol. The fourth-order valence-electron chi connectivity index (χ4n) is 4.77. The van der Waals surface area contributed by atoms with Gasteiger partial charge < -0.3 is 9.80 Å². The number of rotatable bonds is 3. The van der Waals surface area contributed by atoms with Crippen LogP contribution in [-0.4, -0.2) is 57.1 Å². The first-order valence-corrected chi connectivity index (χ1v) is 10.4. The van der Waals surface area contributed by atoms with Gasteiger partial charge in [0.1, 0.15) is 0 Å². The van der Waals surface area contributed by atoms with Crippen LogP contribution in [-0.2, 0) is 4.79 Å². The lowest BCUT2D eigenvalue weighted by atomic mass is 9.84. The van der Waals surface area contributed by atoms with E-state index in [2.05, 4.69) is 10.00 Å². The summed E-state index contributed by atoms with van der Waals surface area (Å²) in [7, 11) is 0. The number of nitrogens with zero attached hydrogens (tertiary/aromatic N) is 4. The van der Waals surface area contributed by atoms with Gasteiger partial charge in [0.25, 0.3) is 5.91 Å². The highest BCUT2D eigenvalue weighted by Crippen LogP contribution is 2.33. The molecule has 1 aliphatic carbocycles. The average Bonchev–Trinajstić information content (AvgIpc) is 3.06. The molecule has 2 aromatic rings. The SMILES string of the molecule is O=C(C1CCC1)N1CC2CCC(C1)N(C(=O)c1ccc(-n3cccn3)cc1)C2. The zero-order chi connectivity index (χ0) is 19.1. The second-order valence-electron chi connectivity index (χ2n) is 8.42. The van der Waals surface area contributed by atoms with Gasteiger partial charge in [-0.05, 0) is 61.9 Å². The molecule has 3 saturated heterocycles. The largest absolute Gasteiger partial charge is 0.340 e. The van der Waals surface area contributed by atoms with Crippen LogP contribution >= 0.6 is 0 Å². The standard InChI is InChI=1S/C22H26N4O2/c27-21(17-3-1-4-17)24-13-16-5-8-20(15-24)25(14-16)22(28)18-6-9-19(10-7-18)26-12-2-11-23-26/h2,6-7,9-12,16-17,20H,1,3-5,8,13-15H2. The molecule has 4 aliphatic rings. The number of hydrogen-bond acceptors (Lipinski definition) is 3. The van der Waals surface area contributed by atoms with Crippen molar-refractivity contribution in [3.05, 3.63) is 48.3 Å². The van der Waals surface area contributed by atoms with Crippen LogP contribution in [0.15, 0.2) is 42.7 Å². The Labute approximate surface area is 165 Å². The van der Waals surface area contributed by atoms with E-state index in [-0.39, 0.29) is 17.9 Å². The molecule has 6 nitrogen and oxygen atoms in total. The summed E-state index contributed by atoms with van der Waals surface area (Å²) in [6.07, 6.45) is 8.99. The quantitative estimate of drug-likeness (QED) is 0.825. The second kappa shape index (κ2) is 7.08. The van der Waals surface area contributed by atoms with Crippen molar-refractivity contribution in [2.45, 2.75) is 38.1 Å². The summed E-state index contributed by atoms with van der Waals surface area (Å²) < 4.78 is 1.78. The van der Waals surface area contributed by atoms with Crippen molar-refractivity contribution in [3.63, 3.8) is 0 Å². The number of benzene rings is 1. The molecule has 0 radical (unpaired) electrons. The van der Waals surface area contributed by atoms with Crippen LogP contribution < -0.4 is 0 Å². The molecular weight excluding hydrogens is 352 g/mol. The highest BCUT2D eigenvalue weighted by Gasteiger charge is 2.40. The molecule has 146 valence electrons. The topological polar surface area (TPSA) is 58.4 Å². The third-order valence-corrected chi connectivity index (χ3v) is 6.62. The zero-order valence-corrected chi connectivity index (χ0v) is 16.0. The number of carbonyl (C=O) groups is 2. The smallest absolute Gasteiger partial charge is 0.254 e. The predicted octanol–water partition coefficient (Wildman–Crippen LogP) is 2.74. The molecule has 3 aliphatic heterocycles. The number of aromatic nitrogens is 2. The van der Waals surface area contributed by atoms with Gasteiger partial charge in [-0.25, -0.2) is 4.68 Å². The summed E-state index contributed by atoms with van der Waals surface area (Å²) in [4.78, 5) is 30.1. The molecule has 0 N–H and O–H groups in total. The van der Waals surface area contributed by atoms with Gasteiger partial charge in [-0.3, -0.25) is 9.59 Å². The summed E-state index contributed by atoms with van der Waals surface area (Å²) in [5.74, 6) is 1.03. The Morgan fingerprint density at radius 1 is 0.964 bits per heavy atom. The minimum absolute atomic E-state index is 0.0830. The lowest BCUT2D eigenvalue weighted by Crippen LogP contribution is -2.48. The molecule has 2 atom stereocenters. The van der Waals surface area contributed by atoms with E-state index >= 15 is 0 Å². The highest BCUT2D eigenvalue weighted by molar-refractivity contribution is 5.94. The van der Waals surface area contributed by atoms with Gasteiger partial charge in [0.15, 0.2) is 0 Å². The maximum absolute atomic E-state index is 13.2. The molecule has 1 saturated carbocycles. The molecule has 4 heterocycles. The van der Waals surface area contributed by atoms with Crippen molar-refractivity contribution in [1.29, 1.82) is 0 Å². The van der Waals surface area contributed by atoms with Crippen molar-refractivity contribution in [2.75, 3.05) is 19.6 Å². The number of piperidine rings is 1. The van der Waals surface area contributed by atoms with E-state index in [1.54, 1.807) is 10.9 Å². The molecule has 2 amide bonds. The van der Waals surface area contributed by atoms with Crippen molar-refractivity contribution < 1.29 is 9.59 Å². The molecule has 1 aromatic heterocycles. The molecule has 4 fully saturated rings. The first-order chi connectivity index (χ1) is 13.7. The molecule has 28 heavy (non-hydrogen) atoms. The van der Waals surface area contributed by atoms with Crippen molar-refractivity contribution >= 4 is 11.8 Å². The van der Waals surface area contributed by atoms with Crippen LogP contribution in [0.1, 0.15) is 42.5 Å². The number of carbonyl (C=O) groups excluding carboxylic acids is 2. The van der Waals surface area contributed by atoms with E-state index in [1.807, 2.05) is 41.4 Å². The van der Waals surface area contributed by atoms with Crippen LogP contribution in [0.4, 0.5) is 0 Å². The van der Waals surface area contributed by atoms with E-state index in [4.69, 9.17) is 0 Å². The molecule has 6 heteroatoms. The normalized spacial score (nSPS) is 24.7. The molecule has 0 spiro atoms. The van der Waals surface area contributed by atoms with Crippen LogP contribution in [0, 0.1) is 11.8 Å². The maximum Gasteiger partial charge on any atom is 0.254 e. The summed E-state index contributed by atoms with van der Waals surface area (Å²) in [5, 5.41) is 4.23. The van der Waals surface area contributed by atoms with Gasteiger partial charge >= 0.3 is 0 Å². The summed E-state index contributed by atoms with van der Waals surface area (Å²) in [6.45, 7) is 2.27. The monoisotopic (exact) mass is 378 g/mol. The Kier molecular flexibility index (Phi) is 4.41. The van der Waals surface area contributed by atoms with E-state index in [0.29, 0.717) is 23.9 Å². The van der Waals surface area contributed by atoms with Crippen LogP contribution in [0.25, 0.3) is 5.69 Å². The first-order valence-electron chi connectivity index (χ1n) is 10.4. The molecule has 2 unspecified atom stereocenters. The van der Waals surface area contributed by atoms with E-state index in [9.17, 15) is 9.59 Å². The number of amides is 2. The first kappa shape index (κ1) is 17.5. The molecule has 6 rings (SSSR count). The van der Waals surface area contributed by atoms with Gasteiger partial charge in [0.05, 0.1) is 5.69 Å². The minimum Gasteiger partial charge on any atom is -0.340 e. The van der Waals surface area contributed by atoms with Crippen LogP contribution in [0.2, 0.25) is 0 Å². The molecular formula is C22H26N4O2. The van der Waals surface area contributed by atoms with Crippen molar-refractivity contribution in [3.8, 4) is 5.69 Å². The fraction of sp³-hybridized carbons (Fsp3) is 0.500. The Balaban J connectivity index is 1.32. The lowest BCUT2D eigenvalue weighted by Gasteiger charge is -2.36. The maximum atomic E-state index is 13.2. The van der Waals surface area contributed by atoms with Crippen molar-refractivity contribution in [1.82, 2.24) is 19.6 Å². The summed E-state index contributed by atoms with van der Waals surface area (Å²) in [5.41, 5.74) is 1.65. The van der Waals surface area contributed by atoms with E-state index in [1.165, 1.54) is 6.42 Å². The van der Waals surface area contributed by atoms with Crippen LogP contribution in [0.3, 0.4) is 0 Å². The number of hydrogen-bond donors (Lipinski definition) is 0. The summed E-state index contributed by atoms with van der Waals surface area (Å²) in [6, 6.07) is 9.65. The van der Waals surface area contributed by atoms with E-state index < -0.39 is 0 Å². The average molecular weight is 378 g/mol. The Hall–Kier alpha value is -2.63. The van der Waals surface area contributed by atoms with Crippen LogP contribution in [0.5, 0.6) is 0 Å². The Morgan fingerprint density at radius 3 is 2.46 bits per heavy atom. The second-order valence-corrected chi connectivity index (χ2v) is 8.42. The third kappa shape index (κ3) is 3.11. The zero-order valence-electron chi connectivity index (χ0n) is 16.0. The van der Waals surface area contributed by atoms with Gasteiger partial charge in [0, 0.05) is 49.6 Å². The van der Waals surface area contributed by atoms with E-state index in [0.717, 1.165) is 44.5 Å². The van der Waals surface area contributed by atoms with Gasteiger partial charge in [-0.1, -0.05) is 6.42 Å². The Bertz CT molecular complexity index is 857. The number of fused-ring (bicyclic) bond motifs is 4. The third-order valence-electron chi connectivity index (χ3n) is 6.62. The molecule has 2 bridgehead atoms. The van der Waals surface area contributed by atoms with Gasteiger partial charge in [0.2, 0.25) is 5.91 Å². The minimum atomic E-state index is 0.0830.